The first-order chi connectivity index (χ1) is 13.3. The number of benzene rings is 1. The summed E-state index contributed by atoms with van der Waals surface area (Å²) in [6.45, 7) is 7.23. The van der Waals surface area contributed by atoms with E-state index < -0.39 is 0 Å². The van der Waals surface area contributed by atoms with Crippen LogP contribution in [0.4, 0.5) is 9.93 Å². The van der Waals surface area contributed by atoms with Crippen LogP contribution in [0.5, 0.6) is 0 Å². The first-order valence-electron chi connectivity index (χ1n) is 9.45. The molecule has 1 heterocycles. The fourth-order valence-electron chi connectivity index (χ4n) is 2.79. The number of aliphatic imine (C=N–C) groups is 1. The Bertz CT molecular complexity index is 800. The van der Waals surface area contributed by atoms with Gasteiger partial charge in [-0.15, -0.1) is 11.3 Å². The van der Waals surface area contributed by atoms with Gasteiger partial charge < -0.3 is 16.8 Å². The van der Waals surface area contributed by atoms with Crippen LogP contribution in [0.2, 0.25) is 0 Å². The van der Waals surface area contributed by atoms with Gasteiger partial charge in [-0.25, -0.2) is 9.78 Å². The summed E-state index contributed by atoms with van der Waals surface area (Å²) < 4.78 is 0. The minimum Gasteiger partial charge on any atom is -0.375 e. The zero-order chi connectivity index (χ0) is 20.5. The highest BCUT2D eigenvalue weighted by atomic mass is 32.1. The van der Waals surface area contributed by atoms with E-state index in [0.29, 0.717) is 24.1 Å². The van der Waals surface area contributed by atoms with E-state index in [-0.39, 0.29) is 12.0 Å². The van der Waals surface area contributed by atoms with Crippen molar-refractivity contribution in [3.8, 4) is 0 Å². The number of carbonyl (C=O) groups excluding carboxylic acids is 1. The summed E-state index contributed by atoms with van der Waals surface area (Å²) in [5, 5.41) is 6.00. The summed E-state index contributed by atoms with van der Waals surface area (Å²) in [6.07, 6.45) is 2.58. The largest absolute Gasteiger partial charge is 0.375 e. The van der Waals surface area contributed by atoms with E-state index in [0.717, 1.165) is 25.0 Å². The van der Waals surface area contributed by atoms with Crippen molar-refractivity contribution in [2.75, 3.05) is 18.8 Å². The molecule has 1 unspecified atom stereocenters. The molecule has 0 aliphatic rings. The second-order valence-corrected chi connectivity index (χ2v) is 8.18. The lowest BCUT2D eigenvalue weighted by Gasteiger charge is -2.13. The number of nitrogens with one attached hydrogen (secondary N) is 2. The van der Waals surface area contributed by atoms with Crippen molar-refractivity contribution in [2.24, 2.45) is 16.6 Å². The highest BCUT2D eigenvalue weighted by Gasteiger charge is 2.08. The molecule has 1 aromatic carbocycles. The van der Waals surface area contributed by atoms with Crippen LogP contribution in [0.25, 0.3) is 0 Å². The number of hydrogen-bond donors (Lipinski definition) is 4. The maximum absolute atomic E-state index is 12.0. The second-order valence-electron chi connectivity index (χ2n) is 7.06. The van der Waals surface area contributed by atoms with E-state index >= 15 is 0 Å². The average molecular weight is 403 g/mol. The first kappa shape index (κ1) is 21.7. The molecule has 28 heavy (non-hydrogen) atoms. The number of guanidine groups is 1. The molecule has 0 aliphatic heterocycles. The van der Waals surface area contributed by atoms with Crippen LogP contribution in [-0.4, -0.2) is 30.1 Å². The van der Waals surface area contributed by atoms with Crippen molar-refractivity contribution < 1.29 is 4.79 Å². The van der Waals surface area contributed by atoms with Gasteiger partial charge in [0.05, 0.1) is 5.69 Å². The number of rotatable bonds is 8. The third-order valence-electron chi connectivity index (χ3n) is 4.31. The molecule has 2 aromatic rings. The van der Waals surface area contributed by atoms with Crippen LogP contribution < -0.4 is 22.1 Å². The Morgan fingerprint density at radius 3 is 2.64 bits per heavy atom. The smallest absolute Gasteiger partial charge is 0.321 e. The van der Waals surface area contributed by atoms with Gasteiger partial charge in [0, 0.05) is 18.0 Å². The molecular weight excluding hydrogens is 372 g/mol. The lowest BCUT2D eigenvalue weighted by Crippen LogP contribution is -2.44. The number of nitrogens with two attached hydrogens (primary N) is 2. The van der Waals surface area contributed by atoms with Crippen molar-refractivity contribution in [1.29, 1.82) is 0 Å². The third kappa shape index (κ3) is 7.56. The summed E-state index contributed by atoms with van der Waals surface area (Å²) >= 11 is 1.50. The monoisotopic (exact) mass is 402 g/mol. The molecule has 1 atom stereocenters. The molecule has 0 saturated carbocycles. The standard InChI is InChI=1S/C20H30N6OS/c1-13-6-8-16(9-7-13)11-14(2)12-24-20(27)26-18(21)23-10-4-5-17-15(3)25-19(22)28-17/h6-9,14H,4-5,10-12H2,1-3H3,(H2,22,25)(H4,21,23,24,26,27). The predicted octanol–water partition coefficient (Wildman–Crippen LogP) is 2.77. The number of carbonyl (C=O) groups is 1. The number of hydrogen-bond acceptors (Lipinski definition) is 5. The Balaban J connectivity index is 1.64. The molecule has 0 spiro atoms. The third-order valence-corrected chi connectivity index (χ3v) is 5.36. The number of urea groups is 1. The Hall–Kier alpha value is -2.61. The van der Waals surface area contributed by atoms with Gasteiger partial charge in [-0.05, 0) is 44.6 Å². The number of aryl methyl sites for hydroxylation is 3. The Morgan fingerprint density at radius 1 is 1.29 bits per heavy atom. The Labute approximate surface area is 170 Å². The molecule has 2 amide bonds. The Morgan fingerprint density at radius 2 is 2.00 bits per heavy atom. The van der Waals surface area contributed by atoms with Gasteiger partial charge in [-0.2, -0.15) is 0 Å². The van der Waals surface area contributed by atoms with Gasteiger partial charge in [0.15, 0.2) is 11.1 Å². The minimum absolute atomic E-state index is 0.129. The van der Waals surface area contributed by atoms with Crippen LogP contribution in [0, 0.1) is 19.8 Å². The second kappa shape index (κ2) is 10.7. The molecule has 0 radical (unpaired) electrons. The summed E-state index contributed by atoms with van der Waals surface area (Å²) in [7, 11) is 0. The van der Waals surface area contributed by atoms with Gasteiger partial charge in [0.1, 0.15) is 0 Å². The number of nitrogens with zero attached hydrogens (tertiary/aromatic N) is 2. The lowest BCUT2D eigenvalue weighted by atomic mass is 10.0. The molecular formula is C20H30N6OS. The first-order valence-corrected chi connectivity index (χ1v) is 10.3. The zero-order valence-corrected chi connectivity index (χ0v) is 17.6. The molecule has 6 N–H and O–H groups in total. The highest BCUT2D eigenvalue weighted by molar-refractivity contribution is 7.15. The van der Waals surface area contributed by atoms with Gasteiger partial charge >= 0.3 is 6.03 Å². The Kier molecular flexibility index (Phi) is 8.25. The van der Waals surface area contributed by atoms with Crippen LogP contribution in [0.15, 0.2) is 29.3 Å². The molecule has 152 valence electrons. The van der Waals surface area contributed by atoms with E-state index in [9.17, 15) is 4.79 Å². The average Bonchev–Trinajstić information content (AvgIpc) is 2.96. The maximum Gasteiger partial charge on any atom is 0.321 e. The highest BCUT2D eigenvalue weighted by Crippen LogP contribution is 2.20. The number of anilines is 1. The van der Waals surface area contributed by atoms with Crippen molar-refractivity contribution >= 4 is 28.5 Å². The SMILES string of the molecule is Cc1ccc(CC(C)CNC(=O)NC(N)=NCCCc2sc(N)nc2C)cc1. The van der Waals surface area contributed by atoms with E-state index in [4.69, 9.17) is 11.5 Å². The molecule has 7 nitrogen and oxygen atoms in total. The summed E-state index contributed by atoms with van der Waals surface area (Å²) in [4.78, 5) is 21.5. The van der Waals surface area contributed by atoms with Gasteiger partial charge in [0.25, 0.3) is 0 Å². The van der Waals surface area contributed by atoms with Gasteiger partial charge in [-0.1, -0.05) is 36.8 Å². The molecule has 8 heteroatoms. The van der Waals surface area contributed by atoms with Crippen molar-refractivity contribution in [3.63, 3.8) is 0 Å². The van der Waals surface area contributed by atoms with Crippen LogP contribution in [0.1, 0.15) is 35.0 Å². The lowest BCUT2D eigenvalue weighted by molar-refractivity contribution is 0.243. The summed E-state index contributed by atoms with van der Waals surface area (Å²) in [5.74, 6) is 0.450. The van der Waals surface area contributed by atoms with Gasteiger partial charge in [-0.3, -0.25) is 10.3 Å². The number of nitrogen functional groups attached to an aromatic ring is 1. The van der Waals surface area contributed by atoms with E-state index in [2.05, 4.69) is 58.7 Å². The topological polar surface area (TPSA) is 118 Å². The fourth-order valence-corrected chi connectivity index (χ4v) is 3.66. The number of amides is 2. The maximum atomic E-state index is 12.0. The molecule has 0 saturated heterocycles. The van der Waals surface area contributed by atoms with E-state index in [1.54, 1.807) is 0 Å². The van der Waals surface area contributed by atoms with Crippen molar-refractivity contribution in [1.82, 2.24) is 15.6 Å². The summed E-state index contributed by atoms with van der Waals surface area (Å²) in [5.41, 5.74) is 14.9. The number of aromatic nitrogens is 1. The molecule has 0 aliphatic carbocycles. The molecule has 1 aromatic heterocycles. The van der Waals surface area contributed by atoms with Gasteiger partial charge in [0.2, 0.25) is 0 Å². The fraction of sp³-hybridized carbons (Fsp3) is 0.450. The minimum atomic E-state index is -0.330. The molecule has 0 bridgehead atoms. The summed E-state index contributed by atoms with van der Waals surface area (Å²) in [6, 6.07) is 8.12. The zero-order valence-electron chi connectivity index (χ0n) is 16.8. The quantitative estimate of drug-likeness (QED) is 0.308. The molecule has 2 rings (SSSR count). The molecule has 0 fully saturated rings. The normalized spacial score (nSPS) is 12.6. The van der Waals surface area contributed by atoms with E-state index in [1.165, 1.54) is 27.3 Å². The van der Waals surface area contributed by atoms with Crippen LogP contribution in [0.3, 0.4) is 0 Å². The van der Waals surface area contributed by atoms with Crippen LogP contribution in [-0.2, 0) is 12.8 Å². The van der Waals surface area contributed by atoms with E-state index in [1.807, 2.05) is 6.92 Å². The van der Waals surface area contributed by atoms with Crippen molar-refractivity contribution in [2.45, 2.75) is 40.0 Å². The van der Waals surface area contributed by atoms with Crippen LogP contribution >= 0.6 is 11.3 Å². The van der Waals surface area contributed by atoms with Crippen molar-refractivity contribution in [3.05, 3.63) is 46.0 Å². The number of thiazole rings is 1. The predicted molar refractivity (Wildman–Crippen MR) is 117 cm³/mol.